The molecule has 3 amide bonds. The lowest BCUT2D eigenvalue weighted by Crippen LogP contribution is -2.48. The van der Waals surface area contributed by atoms with Gasteiger partial charge < -0.3 is 10.0 Å². The normalized spacial score (nSPS) is 10.4. The smallest absolute Gasteiger partial charge is 0.336 e. The minimum atomic E-state index is -0.706. The zero-order chi connectivity index (χ0) is 19.2. The van der Waals surface area contributed by atoms with E-state index in [1.807, 2.05) is 42.6 Å². The summed E-state index contributed by atoms with van der Waals surface area (Å²) in [6.45, 7) is 2.78. The average molecular weight is 385 g/mol. The van der Waals surface area contributed by atoms with Gasteiger partial charge in [-0.15, -0.1) is 11.3 Å². The lowest BCUT2D eigenvalue weighted by atomic mass is 10.3. The van der Waals surface area contributed by atoms with Crippen molar-refractivity contribution in [3.63, 3.8) is 0 Å². The maximum Gasteiger partial charge on any atom is 0.336 e. The number of carbonyl (C=O) groups excluding carboxylic acids is 2. The van der Waals surface area contributed by atoms with E-state index in [4.69, 9.17) is 0 Å². The highest BCUT2D eigenvalue weighted by atomic mass is 32.1. The average Bonchev–Trinajstić information content (AvgIpc) is 3.34. The summed E-state index contributed by atoms with van der Waals surface area (Å²) < 4.78 is 1.39. The molecule has 8 nitrogen and oxygen atoms in total. The monoisotopic (exact) mass is 385 g/mol. The highest BCUT2D eigenvalue weighted by molar-refractivity contribution is 7.09. The van der Waals surface area contributed by atoms with Crippen molar-refractivity contribution in [1.29, 1.82) is 0 Å². The predicted octanol–water partition coefficient (Wildman–Crippen LogP) is 2.52. The van der Waals surface area contributed by atoms with Crippen molar-refractivity contribution < 1.29 is 14.7 Å². The maximum atomic E-state index is 12.3. The van der Waals surface area contributed by atoms with Crippen LogP contribution in [-0.4, -0.2) is 38.3 Å². The molecule has 2 aromatic heterocycles. The third-order valence-electron chi connectivity index (χ3n) is 3.81. The van der Waals surface area contributed by atoms with Gasteiger partial charge in [-0.1, -0.05) is 24.3 Å². The van der Waals surface area contributed by atoms with Crippen molar-refractivity contribution in [2.75, 3.05) is 6.54 Å². The van der Waals surface area contributed by atoms with Crippen molar-refractivity contribution in [2.24, 2.45) is 0 Å². The molecule has 0 aliphatic rings. The molecule has 3 N–H and O–H groups in total. The molecule has 0 bridgehead atoms. The number of rotatable bonds is 5. The zero-order valence-corrected chi connectivity index (χ0v) is 15.4. The molecule has 3 aromatic rings. The molecule has 3 rings (SSSR count). The van der Waals surface area contributed by atoms with Gasteiger partial charge in [0.2, 0.25) is 0 Å². The summed E-state index contributed by atoms with van der Waals surface area (Å²) in [5.41, 5.74) is 5.16. The van der Waals surface area contributed by atoms with Gasteiger partial charge in [-0.3, -0.25) is 10.2 Å². The number of benzene rings is 1. The van der Waals surface area contributed by atoms with Gasteiger partial charge >= 0.3 is 6.03 Å². The number of thiophene rings is 1. The van der Waals surface area contributed by atoms with E-state index in [2.05, 4.69) is 16.0 Å². The molecule has 9 heteroatoms. The Balaban J connectivity index is 1.62. The maximum absolute atomic E-state index is 12.3. The Labute approximate surface area is 160 Å². The second-order valence-corrected chi connectivity index (χ2v) is 6.65. The molecule has 0 saturated heterocycles. The number of aromatic nitrogens is 2. The minimum Gasteiger partial charge on any atom is -0.504 e. The lowest BCUT2D eigenvalue weighted by Gasteiger charge is -2.20. The number of aromatic hydroxyl groups is 1. The first kappa shape index (κ1) is 18.5. The Morgan fingerprint density at radius 2 is 1.96 bits per heavy atom. The van der Waals surface area contributed by atoms with Gasteiger partial charge in [0.25, 0.3) is 5.91 Å². The van der Waals surface area contributed by atoms with E-state index in [0.717, 1.165) is 4.88 Å². The molecule has 2 heterocycles. The standard InChI is InChI=1S/C18H19N5O3S/c1-2-22(11-14-9-6-10-27-14)18(26)20-19-17(25)16-15(24)12-23(21-16)13-7-4-3-5-8-13/h3-10,12,24H,2,11H2,1H3,(H,19,25)(H,20,26). The van der Waals surface area contributed by atoms with Gasteiger partial charge in [0.1, 0.15) is 0 Å². The van der Waals surface area contributed by atoms with E-state index in [9.17, 15) is 14.7 Å². The van der Waals surface area contributed by atoms with Gasteiger partial charge in [0.15, 0.2) is 11.4 Å². The van der Waals surface area contributed by atoms with Crippen LogP contribution in [0.2, 0.25) is 0 Å². The van der Waals surface area contributed by atoms with E-state index < -0.39 is 11.9 Å². The van der Waals surface area contributed by atoms with Crippen LogP contribution in [0.4, 0.5) is 4.79 Å². The molecule has 0 aliphatic carbocycles. The van der Waals surface area contributed by atoms with Gasteiger partial charge in [0, 0.05) is 11.4 Å². The van der Waals surface area contributed by atoms with Crippen LogP contribution in [0.1, 0.15) is 22.3 Å². The number of amides is 3. The van der Waals surface area contributed by atoms with E-state index in [-0.39, 0.29) is 11.4 Å². The third kappa shape index (κ3) is 4.45. The first-order valence-electron chi connectivity index (χ1n) is 8.30. The number of carbonyl (C=O) groups is 2. The van der Waals surface area contributed by atoms with E-state index in [1.165, 1.54) is 10.9 Å². The van der Waals surface area contributed by atoms with Crippen LogP contribution in [-0.2, 0) is 6.54 Å². The van der Waals surface area contributed by atoms with Crippen molar-refractivity contribution in [3.05, 3.63) is 64.6 Å². The molecular weight excluding hydrogens is 366 g/mol. The second-order valence-electron chi connectivity index (χ2n) is 5.62. The Kier molecular flexibility index (Phi) is 5.72. The SMILES string of the molecule is CCN(Cc1cccs1)C(=O)NNC(=O)c1nn(-c2ccccc2)cc1O. The van der Waals surface area contributed by atoms with E-state index in [0.29, 0.717) is 18.8 Å². The van der Waals surface area contributed by atoms with E-state index in [1.54, 1.807) is 28.4 Å². The first-order valence-corrected chi connectivity index (χ1v) is 9.18. The molecule has 0 unspecified atom stereocenters. The molecule has 1 aromatic carbocycles. The second kappa shape index (κ2) is 8.37. The Morgan fingerprint density at radius 3 is 2.63 bits per heavy atom. The summed E-state index contributed by atoms with van der Waals surface area (Å²) in [4.78, 5) is 27.1. The van der Waals surface area contributed by atoms with Crippen LogP contribution >= 0.6 is 11.3 Å². The van der Waals surface area contributed by atoms with Crippen LogP contribution in [0.15, 0.2) is 54.0 Å². The van der Waals surface area contributed by atoms with Crippen molar-refractivity contribution in [3.8, 4) is 11.4 Å². The van der Waals surface area contributed by atoms with Crippen LogP contribution in [0.25, 0.3) is 5.69 Å². The molecule has 0 saturated carbocycles. The topological polar surface area (TPSA) is 99.5 Å². The Bertz CT molecular complexity index is 908. The number of nitrogens with zero attached hydrogens (tertiary/aromatic N) is 3. The van der Waals surface area contributed by atoms with Crippen LogP contribution in [0.5, 0.6) is 5.75 Å². The fraction of sp³-hybridized carbons (Fsp3) is 0.167. The number of hydrogen-bond acceptors (Lipinski definition) is 5. The van der Waals surface area contributed by atoms with Crippen molar-refractivity contribution in [1.82, 2.24) is 25.5 Å². The summed E-state index contributed by atoms with van der Waals surface area (Å²) in [7, 11) is 0. The molecule has 0 atom stereocenters. The number of para-hydroxylation sites is 1. The van der Waals surface area contributed by atoms with Gasteiger partial charge in [0.05, 0.1) is 18.4 Å². The Morgan fingerprint density at radius 1 is 1.19 bits per heavy atom. The number of hydrazine groups is 1. The molecule has 0 fully saturated rings. The van der Waals surface area contributed by atoms with Crippen molar-refractivity contribution in [2.45, 2.75) is 13.5 Å². The summed E-state index contributed by atoms with van der Waals surface area (Å²) in [6, 6.07) is 12.5. The number of hydrogen-bond donors (Lipinski definition) is 3. The van der Waals surface area contributed by atoms with Crippen molar-refractivity contribution >= 4 is 23.3 Å². The van der Waals surface area contributed by atoms with Gasteiger partial charge in [-0.2, -0.15) is 5.10 Å². The fourth-order valence-corrected chi connectivity index (χ4v) is 3.13. The zero-order valence-electron chi connectivity index (χ0n) is 14.6. The molecule has 0 radical (unpaired) electrons. The van der Waals surface area contributed by atoms with Crippen LogP contribution in [0, 0.1) is 0 Å². The quantitative estimate of drug-likeness (QED) is 0.588. The molecule has 27 heavy (non-hydrogen) atoms. The molecular formula is C18H19N5O3S. The summed E-state index contributed by atoms with van der Waals surface area (Å²) in [6.07, 6.45) is 1.33. The third-order valence-corrected chi connectivity index (χ3v) is 4.67. The number of nitrogens with one attached hydrogen (secondary N) is 2. The van der Waals surface area contributed by atoms with E-state index >= 15 is 0 Å². The predicted molar refractivity (Wildman–Crippen MR) is 102 cm³/mol. The Hall–Kier alpha value is -3.33. The summed E-state index contributed by atoms with van der Waals surface area (Å²) >= 11 is 1.55. The largest absolute Gasteiger partial charge is 0.504 e. The lowest BCUT2D eigenvalue weighted by molar-refractivity contribution is 0.0921. The summed E-state index contributed by atoms with van der Waals surface area (Å²) in [5.74, 6) is -0.987. The van der Waals surface area contributed by atoms with Crippen LogP contribution < -0.4 is 10.9 Å². The van der Waals surface area contributed by atoms with Gasteiger partial charge in [-0.05, 0) is 30.5 Å². The minimum absolute atomic E-state index is 0.180. The van der Waals surface area contributed by atoms with Crippen LogP contribution in [0.3, 0.4) is 0 Å². The summed E-state index contributed by atoms with van der Waals surface area (Å²) in [5, 5.41) is 16.0. The molecule has 0 spiro atoms. The molecule has 140 valence electrons. The first-order chi connectivity index (χ1) is 13.1. The molecule has 0 aliphatic heterocycles. The highest BCUT2D eigenvalue weighted by Gasteiger charge is 2.19. The number of urea groups is 1. The highest BCUT2D eigenvalue weighted by Crippen LogP contribution is 2.17. The fourth-order valence-electron chi connectivity index (χ4n) is 2.41. The van der Waals surface area contributed by atoms with Gasteiger partial charge in [-0.25, -0.2) is 14.9 Å².